The molecule has 0 aromatic heterocycles. The van der Waals surface area contributed by atoms with Crippen molar-refractivity contribution in [1.29, 1.82) is 0 Å². The Morgan fingerprint density at radius 1 is 0.938 bits per heavy atom. The van der Waals surface area contributed by atoms with E-state index in [0.717, 1.165) is 45.8 Å². The van der Waals surface area contributed by atoms with Crippen LogP contribution in [0.5, 0.6) is 0 Å². The van der Waals surface area contributed by atoms with E-state index in [0.29, 0.717) is 16.9 Å². The minimum atomic E-state index is 0.376. The molecule has 32 heavy (non-hydrogen) atoms. The second-order valence-corrected chi connectivity index (χ2v) is 14.6. The molecule has 184 valence electrons. The zero-order valence-corrected chi connectivity index (χ0v) is 23.5. The number of ether oxygens (including phenoxy) is 1. The van der Waals surface area contributed by atoms with Crippen molar-refractivity contribution in [2.24, 2.45) is 52.3 Å². The SMILES string of the molecule is CSC(=S)OC1CCC2(C)C(CCC3C2CCC2(C)C(C(C)CCCC(C)C)CCC32)C1. The van der Waals surface area contributed by atoms with Crippen molar-refractivity contribution in [3.63, 3.8) is 0 Å². The highest BCUT2D eigenvalue weighted by Crippen LogP contribution is 2.68. The maximum atomic E-state index is 6.14. The molecule has 4 fully saturated rings. The molecule has 0 heterocycles. The van der Waals surface area contributed by atoms with Gasteiger partial charge in [-0.25, -0.2) is 0 Å². The third-order valence-electron chi connectivity index (χ3n) is 11.2. The Hall–Kier alpha value is 0.240. The lowest BCUT2D eigenvalue weighted by atomic mass is 9.44. The maximum Gasteiger partial charge on any atom is 0.219 e. The van der Waals surface area contributed by atoms with E-state index in [9.17, 15) is 0 Å². The minimum Gasteiger partial charge on any atom is -0.475 e. The molecule has 0 spiro atoms. The first-order chi connectivity index (χ1) is 15.2. The normalized spacial score (nSPS) is 44.5. The van der Waals surface area contributed by atoms with E-state index >= 15 is 0 Å². The highest BCUT2D eigenvalue weighted by atomic mass is 32.2. The summed E-state index contributed by atoms with van der Waals surface area (Å²) >= 11 is 6.97. The van der Waals surface area contributed by atoms with Gasteiger partial charge in [-0.15, -0.1) is 0 Å². The standard InChI is InChI=1S/C29H50OS2/c1-19(2)8-7-9-20(3)24-12-13-25-23-11-10-21-18-22(30-27(31)32-6)14-16-28(21,4)26(23)15-17-29(24,25)5/h19-26H,7-18H2,1-6H3. The second-order valence-electron chi connectivity index (χ2n) is 13.2. The van der Waals surface area contributed by atoms with Gasteiger partial charge in [-0.3, -0.25) is 0 Å². The first kappa shape index (κ1) is 25.3. The van der Waals surface area contributed by atoms with Gasteiger partial charge in [-0.05, 0) is 129 Å². The molecule has 4 aliphatic carbocycles. The Bertz CT molecular complexity index is 662. The van der Waals surface area contributed by atoms with Gasteiger partial charge < -0.3 is 4.74 Å². The molecule has 0 aliphatic heterocycles. The van der Waals surface area contributed by atoms with Gasteiger partial charge >= 0.3 is 0 Å². The number of thioether (sulfide) groups is 1. The van der Waals surface area contributed by atoms with Crippen LogP contribution in [0.1, 0.15) is 112 Å². The van der Waals surface area contributed by atoms with Gasteiger partial charge in [0, 0.05) is 0 Å². The van der Waals surface area contributed by atoms with Gasteiger partial charge in [0.25, 0.3) is 0 Å². The van der Waals surface area contributed by atoms with Gasteiger partial charge in [0.1, 0.15) is 6.10 Å². The summed E-state index contributed by atoms with van der Waals surface area (Å²) in [5.41, 5.74) is 1.17. The lowest BCUT2D eigenvalue weighted by Crippen LogP contribution is -2.54. The van der Waals surface area contributed by atoms with Crippen LogP contribution < -0.4 is 0 Å². The van der Waals surface area contributed by atoms with Crippen molar-refractivity contribution in [2.45, 2.75) is 118 Å². The van der Waals surface area contributed by atoms with Crippen molar-refractivity contribution in [2.75, 3.05) is 6.26 Å². The molecular weight excluding hydrogens is 428 g/mol. The number of thiocarbonyl (C=S) groups is 1. The molecule has 9 atom stereocenters. The Morgan fingerprint density at radius 3 is 2.38 bits per heavy atom. The summed E-state index contributed by atoms with van der Waals surface area (Å²) < 4.78 is 6.89. The molecule has 0 bridgehead atoms. The molecule has 0 N–H and O–H groups in total. The highest BCUT2D eigenvalue weighted by Gasteiger charge is 2.60. The summed E-state index contributed by atoms with van der Waals surface area (Å²) in [6.07, 6.45) is 19.5. The number of hydrogen-bond acceptors (Lipinski definition) is 3. The lowest BCUT2D eigenvalue weighted by Gasteiger charge is -2.61. The molecule has 0 aromatic rings. The van der Waals surface area contributed by atoms with Gasteiger partial charge in [-0.1, -0.05) is 65.6 Å². The van der Waals surface area contributed by atoms with Gasteiger partial charge in [0.15, 0.2) is 0 Å². The maximum absolute atomic E-state index is 6.14. The third kappa shape index (κ3) is 4.69. The molecule has 0 radical (unpaired) electrons. The fourth-order valence-corrected chi connectivity index (χ4v) is 9.90. The number of rotatable bonds is 6. The van der Waals surface area contributed by atoms with Crippen LogP contribution in [0.2, 0.25) is 0 Å². The van der Waals surface area contributed by atoms with Crippen molar-refractivity contribution in [3.05, 3.63) is 0 Å². The van der Waals surface area contributed by atoms with E-state index in [1.165, 1.54) is 77.0 Å². The van der Waals surface area contributed by atoms with E-state index in [4.69, 9.17) is 17.0 Å². The van der Waals surface area contributed by atoms with Crippen molar-refractivity contribution < 1.29 is 4.74 Å². The van der Waals surface area contributed by atoms with Crippen LogP contribution in [0.15, 0.2) is 0 Å². The van der Waals surface area contributed by atoms with Crippen LogP contribution in [0, 0.1) is 52.3 Å². The lowest BCUT2D eigenvalue weighted by molar-refractivity contribution is -0.127. The van der Waals surface area contributed by atoms with Crippen LogP contribution >= 0.6 is 24.0 Å². The zero-order chi connectivity index (χ0) is 23.1. The fourth-order valence-electron chi connectivity index (χ4n) is 9.53. The molecule has 4 rings (SSSR count). The van der Waals surface area contributed by atoms with Crippen molar-refractivity contribution in [3.8, 4) is 0 Å². The van der Waals surface area contributed by atoms with Crippen LogP contribution in [-0.2, 0) is 4.74 Å². The summed E-state index contributed by atoms with van der Waals surface area (Å²) in [4.78, 5) is 0. The van der Waals surface area contributed by atoms with Crippen LogP contribution in [0.25, 0.3) is 0 Å². The minimum absolute atomic E-state index is 0.376. The van der Waals surface area contributed by atoms with E-state index < -0.39 is 0 Å². The Labute approximate surface area is 209 Å². The van der Waals surface area contributed by atoms with Crippen LogP contribution in [0.4, 0.5) is 0 Å². The Morgan fingerprint density at radius 2 is 1.66 bits per heavy atom. The highest BCUT2D eigenvalue weighted by molar-refractivity contribution is 8.22. The quantitative estimate of drug-likeness (QED) is 0.352. The van der Waals surface area contributed by atoms with Crippen LogP contribution in [0.3, 0.4) is 0 Å². The van der Waals surface area contributed by atoms with Gasteiger partial charge in [0.2, 0.25) is 4.38 Å². The van der Waals surface area contributed by atoms with E-state index in [1.54, 1.807) is 11.8 Å². The summed E-state index contributed by atoms with van der Waals surface area (Å²) in [5.74, 6) is 6.55. The average Bonchev–Trinajstić information content (AvgIpc) is 3.11. The van der Waals surface area contributed by atoms with E-state index in [-0.39, 0.29) is 0 Å². The number of hydrogen-bond donors (Lipinski definition) is 0. The average molecular weight is 479 g/mol. The predicted octanol–water partition coefficient (Wildman–Crippen LogP) is 9.14. The predicted molar refractivity (Wildman–Crippen MR) is 144 cm³/mol. The molecule has 0 saturated heterocycles. The zero-order valence-electron chi connectivity index (χ0n) is 21.8. The number of fused-ring (bicyclic) bond motifs is 5. The summed E-state index contributed by atoms with van der Waals surface area (Å²) in [5, 5.41) is 0. The topological polar surface area (TPSA) is 9.23 Å². The van der Waals surface area contributed by atoms with E-state index in [2.05, 4.69) is 34.6 Å². The largest absolute Gasteiger partial charge is 0.475 e. The first-order valence-corrected chi connectivity index (χ1v) is 15.6. The summed E-state index contributed by atoms with van der Waals surface area (Å²) in [6, 6.07) is 0. The Balaban J connectivity index is 1.42. The molecule has 1 nitrogen and oxygen atoms in total. The van der Waals surface area contributed by atoms with E-state index in [1.807, 2.05) is 6.26 Å². The second kappa shape index (κ2) is 10.1. The van der Waals surface area contributed by atoms with Gasteiger partial charge in [-0.2, -0.15) is 0 Å². The third-order valence-corrected chi connectivity index (χ3v) is 12.3. The van der Waals surface area contributed by atoms with Gasteiger partial charge in [0.05, 0.1) is 0 Å². The molecule has 4 aliphatic rings. The monoisotopic (exact) mass is 478 g/mol. The van der Waals surface area contributed by atoms with Crippen LogP contribution in [-0.4, -0.2) is 16.7 Å². The Kier molecular flexibility index (Phi) is 7.98. The molecule has 9 unspecified atom stereocenters. The smallest absolute Gasteiger partial charge is 0.219 e. The molecule has 4 saturated carbocycles. The summed E-state index contributed by atoms with van der Waals surface area (Å²) in [7, 11) is 0. The molecule has 0 amide bonds. The fraction of sp³-hybridized carbons (Fsp3) is 0.966. The molecular formula is C29H50OS2. The van der Waals surface area contributed by atoms with Crippen molar-refractivity contribution in [1.82, 2.24) is 0 Å². The summed E-state index contributed by atoms with van der Waals surface area (Å²) in [6.45, 7) is 12.8. The van der Waals surface area contributed by atoms with Crippen molar-refractivity contribution >= 4 is 28.4 Å². The molecule has 3 heteroatoms. The molecule has 0 aromatic carbocycles. The first-order valence-electron chi connectivity index (χ1n) is 13.9.